The predicted octanol–water partition coefficient (Wildman–Crippen LogP) is 2.29. The number of hydrogen-bond donors (Lipinski definition) is 1. The van der Waals surface area contributed by atoms with E-state index < -0.39 is 11.6 Å². The van der Waals surface area contributed by atoms with Crippen LogP contribution in [0.1, 0.15) is 12.5 Å². The molecule has 13 heavy (non-hydrogen) atoms. The fourth-order valence-corrected chi connectivity index (χ4v) is 1.13. The minimum atomic E-state index is -1.62. The number of aliphatic hydroxyl groups is 1. The highest BCUT2D eigenvalue weighted by Crippen LogP contribution is 2.25. The molecule has 4 heteroatoms. The van der Waals surface area contributed by atoms with Gasteiger partial charge in [0.2, 0.25) is 0 Å². The maximum absolute atomic E-state index is 13.2. The van der Waals surface area contributed by atoms with Crippen molar-refractivity contribution in [3.05, 3.63) is 34.6 Å². The van der Waals surface area contributed by atoms with Gasteiger partial charge in [-0.05, 0) is 25.1 Å². The van der Waals surface area contributed by atoms with Gasteiger partial charge in [0.15, 0.2) is 5.79 Å². The number of halogens is 2. The fraction of sp³-hybridized carbons (Fsp3) is 0.333. The first-order chi connectivity index (χ1) is 5.97. The fourth-order valence-electron chi connectivity index (χ4n) is 0.976. The largest absolute Gasteiger partial charge is 0.362 e. The summed E-state index contributed by atoms with van der Waals surface area (Å²) in [7, 11) is 1.30. The third kappa shape index (κ3) is 2.18. The van der Waals surface area contributed by atoms with Gasteiger partial charge in [0.1, 0.15) is 5.82 Å². The molecule has 0 saturated carbocycles. The Labute approximate surface area is 80.9 Å². The van der Waals surface area contributed by atoms with E-state index in [-0.39, 0.29) is 10.6 Å². The lowest BCUT2D eigenvalue weighted by Gasteiger charge is -2.22. The van der Waals surface area contributed by atoms with Gasteiger partial charge in [0, 0.05) is 17.7 Å². The molecule has 0 saturated heterocycles. The summed E-state index contributed by atoms with van der Waals surface area (Å²) in [5, 5.41) is 9.85. The van der Waals surface area contributed by atoms with Crippen LogP contribution in [0.2, 0.25) is 5.02 Å². The zero-order valence-electron chi connectivity index (χ0n) is 7.34. The van der Waals surface area contributed by atoms with E-state index in [1.165, 1.54) is 26.2 Å². The van der Waals surface area contributed by atoms with Crippen LogP contribution in [0, 0.1) is 5.82 Å². The second-order valence-corrected chi connectivity index (χ2v) is 3.25. The monoisotopic (exact) mass is 204 g/mol. The maximum atomic E-state index is 13.2. The quantitative estimate of drug-likeness (QED) is 0.749. The van der Waals surface area contributed by atoms with E-state index in [1.807, 2.05) is 0 Å². The van der Waals surface area contributed by atoms with Crippen LogP contribution in [-0.2, 0) is 10.5 Å². The highest BCUT2D eigenvalue weighted by molar-refractivity contribution is 6.30. The van der Waals surface area contributed by atoms with Crippen LogP contribution in [0.4, 0.5) is 4.39 Å². The average Bonchev–Trinajstić information content (AvgIpc) is 2.03. The molecule has 1 aromatic rings. The molecule has 72 valence electrons. The van der Waals surface area contributed by atoms with E-state index in [9.17, 15) is 9.50 Å². The SMILES string of the molecule is COC(C)(O)c1ccc(Cl)cc1F. The summed E-state index contributed by atoms with van der Waals surface area (Å²) in [4.78, 5) is 0. The molecule has 0 aliphatic heterocycles. The third-order valence-corrected chi connectivity index (χ3v) is 2.06. The van der Waals surface area contributed by atoms with Crippen LogP contribution in [0.25, 0.3) is 0 Å². The smallest absolute Gasteiger partial charge is 0.191 e. The molecular formula is C9H10ClFO2. The van der Waals surface area contributed by atoms with Gasteiger partial charge in [0.25, 0.3) is 0 Å². The van der Waals surface area contributed by atoms with Gasteiger partial charge in [-0.2, -0.15) is 0 Å². The molecule has 0 aromatic heterocycles. The molecule has 2 nitrogen and oxygen atoms in total. The first-order valence-electron chi connectivity index (χ1n) is 3.70. The summed E-state index contributed by atoms with van der Waals surface area (Å²) >= 11 is 5.55. The van der Waals surface area contributed by atoms with E-state index in [4.69, 9.17) is 16.3 Å². The Morgan fingerprint density at radius 3 is 2.62 bits per heavy atom. The molecular weight excluding hydrogens is 195 g/mol. The van der Waals surface area contributed by atoms with E-state index >= 15 is 0 Å². The number of rotatable bonds is 2. The topological polar surface area (TPSA) is 29.5 Å². The molecule has 0 heterocycles. The zero-order chi connectivity index (χ0) is 10.1. The molecule has 1 aromatic carbocycles. The number of benzene rings is 1. The van der Waals surface area contributed by atoms with Crippen molar-refractivity contribution in [3.8, 4) is 0 Å². The Kier molecular flexibility index (Phi) is 2.91. The second-order valence-electron chi connectivity index (χ2n) is 2.81. The molecule has 0 bridgehead atoms. The minimum Gasteiger partial charge on any atom is -0.362 e. The van der Waals surface area contributed by atoms with Gasteiger partial charge in [0.05, 0.1) is 0 Å². The molecule has 1 rings (SSSR count). The molecule has 0 spiro atoms. The van der Waals surface area contributed by atoms with Gasteiger partial charge in [-0.15, -0.1) is 0 Å². The Morgan fingerprint density at radius 2 is 2.15 bits per heavy atom. The van der Waals surface area contributed by atoms with E-state index in [1.54, 1.807) is 0 Å². The summed E-state index contributed by atoms with van der Waals surface area (Å²) < 4.78 is 17.9. The lowest BCUT2D eigenvalue weighted by Crippen LogP contribution is -2.24. The van der Waals surface area contributed by atoms with Crippen molar-refractivity contribution in [1.82, 2.24) is 0 Å². The molecule has 1 atom stereocenters. The molecule has 1 unspecified atom stereocenters. The van der Waals surface area contributed by atoms with Gasteiger partial charge in [-0.3, -0.25) is 0 Å². The third-order valence-electron chi connectivity index (χ3n) is 1.83. The van der Waals surface area contributed by atoms with Crippen LogP contribution >= 0.6 is 11.6 Å². The van der Waals surface area contributed by atoms with Crippen LogP contribution in [-0.4, -0.2) is 12.2 Å². The van der Waals surface area contributed by atoms with Crippen molar-refractivity contribution in [1.29, 1.82) is 0 Å². The van der Waals surface area contributed by atoms with Crippen LogP contribution in [0.3, 0.4) is 0 Å². The standard InChI is InChI=1S/C9H10ClFO2/c1-9(12,13-2)7-4-3-6(10)5-8(7)11/h3-5,12H,1-2H3. The Morgan fingerprint density at radius 1 is 1.54 bits per heavy atom. The highest BCUT2D eigenvalue weighted by atomic mass is 35.5. The summed E-state index contributed by atoms with van der Waals surface area (Å²) in [5.74, 6) is -2.20. The van der Waals surface area contributed by atoms with E-state index in [2.05, 4.69) is 0 Å². The van der Waals surface area contributed by atoms with Crippen molar-refractivity contribution in [3.63, 3.8) is 0 Å². The highest BCUT2D eigenvalue weighted by Gasteiger charge is 2.25. The van der Waals surface area contributed by atoms with E-state index in [0.29, 0.717) is 0 Å². The lowest BCUT2D eigenvalue weighted by atomic mass is 10.1. The van der Waals surface area contributed by atoms with Crippen molar-refractivity contribution < 1.29 is 14.2 Å². The normalized spacial score (nSPS) is 15.5. The van der Waals surface area contributed by atoms with Crippen LogP contribution in [0.5, 0.6) is 0 Å². The zero-order valence-corrected chi connectivity index (χ0v) is 8.10. The predicted molar refractivity (Wildman–Crippen MR) is 48.0 cm³/mol. The van der Waals surface area contributed by atoms with Crippen LogP contribution in [0.15, 0.2) is 18.2 Å². The molecule has 0 aliphatic carbocycles. The first kappa shape index (κ1) is 10.4. The average molecular weight is 205 g/mol. The molecule has 0 radical (unpaired) electrons. The molecule has 0 fully saturated rings. The first-order valence-corrected chi connectivity index (χ1v) is 4.08. The summed E-state index contributed by atoms with van der Waals surface area (Å²) in [6.07, 6.45) is 0. The lowest BCUT2D eigenvalue weighted by molar-refractivity contribution is -0.180. The van der Waals surface area contributed by atoms with Crippen LogP contribution < -0.4 is 0 Å². The maximum Gasteiger partial charge on any atom is 0.191 e. The van der Waals surface area contributed by atoms with Crippen molar-refractivity contribution in [2.75, 3.05) is 7.11 Å². The number of ether oxygens (including phenoxy) is 1. The van der Waals surface area contributed by atoms with Gasteiger partial charge in [-0.1, -0.05) is 11.6 Å². The Balaban J connectivity index is 3.16. The van der Waals surface area contributed by atoms with E-state index in [0.717, 1.165) is 6.07 Å². The van der Waals surface area contributed by atoms with Gasteiger partial charge in [-0.25, -0.2) is 4.39 Å². The number of methoxy groups -OCH3 is 1. The van der Waals surface area contributed by atoms with Crippen molar-refractivity contribution in [2.45, 2.75) is 12.7 Å². The summed E-state index contributed by atoms with van der Waals surface area (Å²) in [6.45, 7) is 1.36. The molecule has 0 amide bonds. The minimum absolute atomic E-state index is 0.0689. The van der Waals surface area contributed by atoms with Crippen molar-refractivity contribution >= 4 is 11.6 Å². The van der Waals surface area contributed by atoms with Crippen molar-refractivity contribution in [2.24, 2.45) is 0 Å². The summed E-state index contributed by atoms with van der Waals surface area (Å²) in [5.41, 5.74) is 0.0689. The molecule has 0 aliphatic rings. The molecule has 1 N–H and O–H groups in total. The Bertz CT molecular complexity index is 312. The van der Waals surface area contributed by atoms with Gasteiger partial charge >= 0.3 is 0 Å². The summed E-state index contributed by atoms with van der Waals surface area (Å²) in [6, 6.07) is 4.01. The number of hydrogen-bond acceptors (Lipinski definition) is 2. The van der Waals surface area contributed by atoms with Gasteiger partial charge < -0.3 is 9.84 Å². The Hall–Kier alpha value is -0.640. The second kappa shape index (κ2) is 3.62.